The van der Waals surface area contributed by atoms with Crippen LogP contribution in [0.25, 0.3) is 11.0 Å². The highest BCUT2D eigenvalue weighted by atomic mass is 15.1. The number of imidazole rings is 1. The van der Waals surface area contributed by atoms with Gasteiger partial charge in [-0.15, -0.1) is 0 Å². The summed E-state index contributed by atoms with van der Waals surface area (Å²) in [6, 6.07) is 7.69. The van der Waals surface area contributed by atoms with E-state index < -0.39 is 0 Å². The van der Waals surface area contributed by atoms with Crippen LogP contribution in [-0.4, -0.2) is 22.1 Å². The van der Waals surface area contributed by atoms with E-state index in [9.17, 15) is 0 Å². The van der Waals surface area contributed by atoms with E-state index in [1.807, 2.05) is 0 Å². The molecule has 2 unspecified atom stereocenters. The number of aromatic nitrogens is 2. The molecule has 1 aromatic carbocycles. The second kappa shape index (κ2) is 5.21. The maximum atomic E-state index is 4.99. The van der Waals surface area contributed by atoms with Gasteiger partial charge in [0.2, 0.25) is 0 Å². The molecular weight excluding hydrogens is 246 g/mol. The fourth-order valence-electron chi connectivity index (χ4n) is 3.42. The van der Waals surface area contributed by atoms with E-state index in [1.165, 1.54) is 29.7 Å². The first-order chi connectivity index (χ1) is 9.56. The number of aryl methyl sites for hydroxylation is 1. The largest absolute Gasteiger partial charge is 0.325 e. The molecule has 108 valence electrons. The maximum absolute atomic E-state index is 4.99. The smallest absolute Gasteiger partial charge is 0.113 e. The molecule has 0 amide bonds. The molecule has 20 heavy (non-hydrogen) atoms. The Morgan fingerprint density at radius 1 is 1.35 bits per heavy atom. The highest BCUT2D eigenvalue weighted by molar-refractivity contribution is 5.77. The van der Waals surface area contributed by atoms with Crippen LogP contribution in [-0.2, 0) is 0 Å². The average molecular weight is 271 g/mol. The van der Waals surface area contributed by atoms with Crippen LogP contribution in [0.2, 0.25) is 0 Å². The van der Waals surface area contributed by atoms with Gasteiger partial charge in [0.25, 0.3) is 0 Å². The third-order valence-electron chi connectivity index (χ3n) is 4.38. The Morgan fingerprint density at radius 2 is 2.15 bits per heavy atom. The molecule has 0 saturated carbocycles. The molecule has 1 N–H and O–H groups in total. The monoisotopic (exact) mass is 271 g/mol. The van der Waals surface area contributed by atoms with Crippen molar-refractivity contribution in [2.45, 2.75) is 58.5 Å². The quantitative estimate of drug-likeness (QED) is 0.901. The van der Waals surface area contributed by atoms with Crippen LogP contribution >= 0.6 is 0 Å². The van der Waals surface area contributed by atoms with Crippen molar-refractivity contribution in [3.8, 4) is 0 Å². The van der Waals surface area contributed by atoms with Crippen molar-refractivity contribution in [1.29, 1.82) is 0 Å². The van der Waals surface area contributed by atoms with Crippen LogP contribution in [0.5, 0.6) is 0 Å². The van der Waals surface area contributed by atoms with Crippen LogP contribution in [0.3, 0.4) is 0 Å². The van der Waals surface area contributed by atoms with Gasteiger partial charge in [-0.2, -0.15) is 0 Å². The molecule has 2 heterocycles. The Kier molecular flexibility index (Phi) is 3.55. The number of benzene rings is 1. The molecule has 2 atom stereocenters. The third kappa shape index (κ3) is 2.35. The molecule has 3 heteroatoms. The fraction of sp³-hybridized carbons (Fsp3) is 0.588. The predicted octanol–water partition coefficient (Wildman–Crippen LogP) is 3.78. The fourth-order valence-corrected chi connectivity index (χ4v) is 3.42. The molecule has 1 aromatic heterocycles. The lowest BCUT2D eigenvalue weighted by molar-refractivity contribution is 0.360. The Labute approximate surface area is 121 Å². The Balaban J connectivity index is 2.11. The summed E-state index contributed by atoms with van der Waals surface area (Å²) in [5, 5.41) is 3.54. The molecule has 1 saturated heterocycles. The molecule has 2 aromatic rings. The van der Waals surface area contributed by atoms with Gasteiger partial charge in [0.05, 0.1) is 11.0 Å². The predicted molar refractivity (Wildman–Crippen MR) is 84.3 cm³/mol. The second-order valence-electron chi connectivity index (χ2n) is 6.50. The van der Waals surface area contributed by atoms with E-state index in [-0.39, 0.29) is 0 Å². The standard InChI is InChI=1S/C17H25N3/c1-11(2)20-16-6-5-12(3)9-15(16)19-17(20)14-7-8-18-13(4)10-14/h5-6,9,11,13-14,18H,7-8,10H2,1-4H3. The van der Waals surface area contributed by atoms with E-state index in [4.69, 9.17) is 4.98 Å². The van der Waals surface area contributed by atoms with Gasteiger partial charge in [-0.3, -0.25) is 0 Å². The van der Waals surface area contributed by atoms with Gasteiger partial charge in [0.1, 0.15) is 5.82 Å². The minimum absolute atomic E-state index is 0.461. The molecule has 3 nitrogen and oxygen atoms in total. The van der Waals surface area contributed by atoms with Crippen LogP contribution in [0.15, 0.2) is 18.2 Å². The summed E-state index contributed by atoms with van der Waals surface area (Å²) in [7, 11) is 0. The molecule has 0 radical (unpaired) electrons. The van der Waals surface area contributed by atoms with Gasteiger partial charge in [-0.25, -0.2) is 4.98 Å². The van der Waals surface area contributed by atoms with Gasteiger partial charge in [-0.05, 0) is 64.8 Å². The number of piperidine rings is 1. The third-order valence-corrected chi connectivity index (χ3v) is 4.38. The molecule has 1 aliphatic rings. The van der Waals surface area contributed by atoms with Crippen LogP contribution in [0.4, 0.5) is 0 Å². The molecule has 0 spiro atoms. The lowest BCUT2D eigenvalue weighted by Gasteiger charge is -2.28. The van der Waals surface area contributed by atoms with Crippen molar-refractivity contribution in [2.24, 2.45) is 0 Å². The highest BCUT2D eigenvalue weighted by Gasteiger charge is 2.26. The average Bonchev–Trinajstić information content (AvgIpc) is 2.77. The van der Waals surface area contributed by atoms with Gasteiger partial charge in [-0.1, -0.05) is 6.07 Å². The molecular formula is C17H25N3. The second-order valence-corrected chi connectivity index (χ2v) is 6.50. The Hall–Kier alpha value is -1.35. The molecule has 1 aliphatic heterocycles. The first-order valence-electron chi connectivity index (χ1n) is 7.78. The molecule has 1 fully saturated rings. The Bertz CT molecular complexity index is 612. The van der Waals surface area contributed by atoms with Crippen molar-refractivity contribution in [3.05, 3.63) is 29.6 Å². The number of fused-ring (bicyclic) bond motifs is 1. The van der Waals surface area contributed by atoms with Gasteiger partial charge in [0.15, 0.2) is 0 Å². The minimum atomic E-state index is 0.461. The summed E-state index contributed by atoms with van der Waals surface area (Å²) in [4.78, 5) is 4.99. The van der Waals surface area contributed by atoms with Crippen LogP contribution in [0.1, 0.15) is 57.0 Å². The number of nitrogens with one attached hydrogen (secondary N) is 1. The zero-order valence-corrected chi connectivity index (χ0v) is 13.0. The summed E-state index contributed by atoms with van der Waals surface area (Å²) in [6.45, 7) is 10.0. The summed E-state index contributed by atoms with van der Waals surface area (Å²) < 4.78 is 2.44. The van der Waals surface area contributed by atoms with Crippen molar-refractivity contribution in [3.63, 3.8) is 0 Å². The van der Waals surface area contributed by atoms with Gasteiger partial charge >= 0.3 is 0 Å². The minimum Gasteiger partial charge on any atom is -0.325 e. The Morgan fingerprint density at radius 3 is 2.85 bits per heavy atom. The van der Waals surface area contributed by atoms with Crippen molar-refractivity contribution >= 4 is 11.0 Å². The number of nitrogens with zero attached hydrogens (tertiary/aromatic N) is 2. The van der Waals surface area contributed by atoms with E-state index in [2.05, 4.69) is 55.8 Å². The number of hydrogen-bond acceptors (Lipinski definition) is 2. The zero-order chi connectivity index (χ0) is 14.3. The molecule has 3 rings (SSSR count). The summed E-state index contributed by atoms with van der Waals surface area (Å²) in [5.74, 6) is 1.87. The van der Waals surface area contributed by atoms with Crippen LogP contribution in [0, 0.1) is 6.92 Å². The lowest BCUT2D eigenvalue weighted by Crippen LogP contribution is -2.35. The zero-order valence-electron chi connectivity index (χ0n) is 13.0. The van der Waals surface area contributed by atoms with E-state index >= 15 is 0 Å². The first-order valence-corrected chi connectivity index (χ1v) is 7.78. The van der Waals surface area contributed by atoms with E-state index in [0.29, 0.717) is 18.0 Å². The summed E-state index contributed by atoms with van der Waals surface area (Å²) >= 11 is 0. The molecule has 0 aliphatic carbocycles. The van der Waals surface area contributed by atoms with Crippen LogP contribution < -0.4 is 5.32 Å². The number of rotatable bonds is 2. The van der Waals surface area contributed by atoms with E-state index in [0.717, 1.165) is 12.1 Å². The molecule has 0 bridgehead atoms. The summed E-state index contributed by atoms with van der Waals surface area (Å²) in [5.41, 5.74) is 3.72. The van der Waals surface area contributed by atoms with E-state index in [1.54, 1.807) is 0 Å². The van der Waals surface area contributed by atoms with Gasteiger partial charge in [0, 0.05) is 18.0 Å². The normalized spacial score (nSPS) is 23.6. The van der Waals surface area contributed by atoms with Crippen molar-refractivity contribution in [2.75, 3.05) is 6.54 Å². The number of hydrogen-bond donors (Lipinski definition) is 1. The summed E-state index contributed by atoms with van der Waals surface area (Å²) in [6.07, 6.45) is 2.38. The van der Waals surface area contributed by atoms with Gasteiger partial charge < -0.3 is 9.88 Å². The van der Waals surface area contributed by atoms with Crippen molar-refractivity contribution in [1.82, 2.24) is 14.9 Å². The van der Waals surface area contributed by atoms with Crippen molar-refractivity contribution < 1.29 is 0 Å². The maximum Gasteiger partial charge on any atom is 0.113 e. The first kappa shape index (κ1) is 13.6. The SMILES string of the molecule is Cc1ccc2c(c1)nc(C1CCNC(C)C1)n2C(C)C. The topological polar surface area (TPSA) is 29.9 Å². The highest BCUT2D eigenvalue weighted by Crippen LogP contribution is 2.32. The lowest BCUT2D eigenvalue weighted by atomic mass is 9.92.